The van der Waals surface area contributed by atoms with Gasteiger partial charge in [-0.1, -0.05) is 18.9 Å². The van der Waals surface area contributed by atoms with Crippen molar-refractivity contribution in [3.05, 3.63) is 23.8 Å². The number of nitrogen functional groups attached to an aromatic ring is 1. The van der Waals surface area contributed by atoms with Gasteiger partial charge in [0.1, 0.15) is 0 Å². The Bertz CT molecular complexity index is 536. The van der Waals surface area contributed by atoms with Gasteiger partial charge in [-0.15, -0.1) is 0 Å². The Labute approximate surface area is 109 Å². The zero-order valence-electron chi connectivity index (χ0n) is 10.8. The molecule has 0 aliphatic heterocycles. The number of hydrogen-bond acceptors (Lipinski definition) is 3. The highest BCUT2D eigenvalue weighted by atomic mass is 32.2. The summed E-state index contributed by atoms with van der Waals surface area (Å²) in [6.07, 6.45) is 3.37. The summed E-state index contributed by atoms with van der Waals surface area (Å²) in [5, 5.41) is 0. The molecule has 0 spiro atoms. The molecule has 0 aromatic heterocycles. The molecule has 1 atom stereocenters. The van der Waals surface area contributed by atoms with E-state index in [1.807, 2.05) is 6.92 Å². The Kier molecular flexibility index (Phi) is 3.64. The highest BCUT2D eigenvalue weighted by Crippen LogP contribution is 2.33. The van der Waals surface area contributed by atoms with Crippen molar-refractivity contribution >= 4 is 15.7 Å². The van der Waals surface area contributed by atoms with E-state index in [1.165, 1.54) is 18.9 Å². The lowest BCUT2D eigenvalue weighted by atomic mass is 10.2. The fourth-order valence-corrected chi connectivity index (χ4v) is 3.67. The molecule has 1 aromatic carbocycles. The first kappa shape index (κ1) is 13.4. The third-order valence-corrected chi connectivity index (χ3v) is 4.97. The Hall–Kier alpha value is -1.07. The summed E-state index contributed by atoms with van der Waals surface area (Å²) in [5.41, 5.74) is 6.84. The molecule has 100 valence electrons. The van der Waals surface area contributed by atoms with Crippen LogP contribution in [0.5, 0.6) is 0 Å². The minimum Gasteiger partial charge on any atom is -0.399 e. The highest BCUT2D eigenvalue weighted by Gasteiger charge is 2.26. The van der Waals surface area contributed by atoms with E-state index in [-0.39, 0.29) is 10.9 Å². The van der Waals surface area contributed by atoms with Crippen LogP contribution in [0.4, 0.5) is 5.69 Å². The quantitative estimate of drug-likeness (QED) is 0.803. The van der Waals surface area contributed by atoms with Crippen LogP contribution in [0.15, 0.2) is 23.1 Å². The summed E-state index contributed by atoms with van der Waals surface area (Å²) >= 11 is 0. The van der Waals surface area contributed by atoms with E-state index in [4.69, 9.17) is 5.73 Å². The van der Waals surface area contributed by atoms with Crippen LogP contribution < -0.4 is 10.5 Å². The minimum absolute atomic E-state index is 0.0247. The van der Waals surface area contributed by atoms with Gasteiger partial charge in [0, 0.05) is 11.7 Å². The van der Waals surface area contributed by atoms with Crippen molar-refractivity contribution in [3.63, 3.8) is 0 Å². The van der Waals surface area contributed by atoms with Gasteiger partial charge in [0.25, 0.3) is 0 Å². The van der Waals surface area contributed by atoms with Gasteiger partial charge in [0.2, 0.25) is 10.0 Å². The molecule has 18 heavy (non-hydrogen) atoms. The van der Waals surface area contributed by atoms with E-state index in [0.29, 0.717) is 11.6 Å². The molecule has 0 heterocycles. The lowest BCUT2D eigenvalue weighted by molar-refractivity contribution is 0.529. The second-order valence-corrected chi connectivity index (χ2v) is 6.91. The van der Waals surface area contributed by atoms with Gasteiger partial charge in [-0.05, 0) is 43.9 Å². The van der Waals surface area contributed by atoms with Crippen LogP contribution in [0.1, 0.15) is 31.7 Å². The van der Waals surface area contributed by atoms with E-state index in [1.54, 1.807) is 19.1 Å². The van der Waals surface area contributed by atoms with Crippen molar-refractivity contribution in [2.24, 2.45) is 5.92 Å². The largest absolute Gasteiger partial charge is 0.399 e. The van der Waals surface area contributed by atoms with Crippen molar-refractivity contribution in [1.29, 1.82) is 0 Å². The molecule has 0 radical (unpaired) electrons. The number of anilines is 1. The van der Waals surface area contributed by atoms with Gasteiger partial charge < -0.3 is 5.73 Å². The monoisotopic (exact) mass is 268 g/mol. The van der Waals surface area contributed by atoms with E-state index >= 15 is 0 Å². The number of sulfonamides is 1. The summed E-state index contributed by atoms with van der Waals surface area (Å²) in [6, 6.07) is 4.93. The first-order chi connectivity index (χ1) is 8.38. The fourth-order valence-electron chi connectivity index (χ4n) is 2.14. The van der Waals surface area contributed by atoms with Crippen LogP contribution in [0.3, 0.4) is 0 Å². The van der Waals surface area contributed by atoms with Crippen molar-refractivity contribution in [2.75, 3.05) is 5.73 Å². The summed E-state index contributed by atoms with van der Waals surface area (Å²) in [7, 11) is -3.46. The average molecular weight is 268 g/mol. The first-order valence-corrected chi connectivity index (χ1v) is 7.75. The second-order valence-electron chi connectivity index (χ2n) is 5.23. The maximum Gasteiger partial charge on any atom is 0.241 e. The predicted molar refractivity (Wildman–Crippen MR) is 72.7 cm³/mol. The molecule has 4 nitrogen and oxygen atoms in total. The Balaban J connectivity index is 2.16. The number of rotatable bonds is 5. The van der Waals surface area contributed by atoms with Crippen LogP contribution in [0.25, 0.3) is 0 Å². The zero-order chi connectivity index (χ0) is 13.3. The standard InChI is InChI=1S/C13H20N2O2S/c1-9-3-6-12(14)8-13(9)18(16,17)15-10(2)7-11-4-5-11/h3,6,8,10-11,15H,4-5,7,14H2,1-2H3. The molecule has 0 saturated heterocycles. The summed E-state index contributed by atoms with van der Waals surface area (Å²) in [5.74, 6) is 0.699. The normalized spacial score (nSPS) is 17.7. The van der Waals surface area contributed by atoms with E-state index < -0.39 is 10.0 Å². The second kappa shape index (κ2) is 4.90. The number of aryl methyl sites for hydroxylation is 1. The van der Waals surface area contributed by atoms with Crippen LogP contribution >= 0.6 is 0 Å². The van der Waals surface area contributed by atoms with E-state index in [0.717, 1.165) is 12.0 Å². The van der Waals surface area contributed by atoms with Gasteiger partial charge in [0.15, 0.2) is 0 Å². The molecular formula is C13H20N2O2S. The van der Waals surface area contributed by atoms with Crippen molar-refractivity contribution in [2.45, 2.75) is 44.0 Å². The molecule has 1 aliphatic rings. The molecule has 2 rings (SSSR count). The molecule has 0 amide bonds. The maximum absolute atomic E-state index is 12.3. The van der Waals surface area contributed by atoms with Gasteiger partial charge in [-0.25, -0.2) is 13.1 Å². The van der Waals surface area contributed by atoms with Crippen molar-refractivity contribution < 1.29 is 8.42 Å². The molecule has 1 aliphatic carbocycles. The van der Waals surface area contributed by atoms with Crippen LogP contribution in [-0.4, -0.2) is 14.5 Å². The third-order valence-electron chi connectivity index (χ3n) is 3.24. The maximum atomic E-state index is 12.3. The Morgan fingerprint density at radius 2 is 2.11 bits per heavy atom. The Morgan fingerprint density at radius 1 is 1.44 bits per heavy atom. The molecule has 1 fully saturated rings. The van der Waals surface area contributed by atoms with Crippen molar-refractivity contribution in [1.82, 2.24) is 4.72 Å². The Morgan fingerprint density at radius 3 is 2.72 bits per heavy atom. The predicted octanol–water partition coefficient (Wildman–Crippen LogP) is 2.04. The van der Waals surface area contributed by atoms with Crippen LogP contribution in [0.2, 0.25) is 0 Å². The van der Waals surface area contributed by atoms with Gasteiger partial charge in [-0.3, -0.25) is 0 Å². The molecule has 1 aromatic rings. The summed E-state index contributed by atoms with van der Waals surface area (Å²) < 4.78 is 27.2. The highest BCUT2D eigenvalue weighted by molar-refractivity contribution is 7.89. The van der Waals surface area contributed by atoms with Crippen LogP contribution in [0, 0.1) is 12.8 Å². The first-order valence-electron chi connectivity index (χ1n) is 6.27. The zero-order valence-corrected chi connectivity index (χ0v) is 11.6. The van der Waals surface area contributed by atoms with E-state index in [2.05, 4.69) is 4.72 Å². The summed E-state index contributed by atoms with van der Waals surface area (Å²) in [4.78, 5) is 0.283. The van der Waals surface area contributed by atoms with Gasteiger partial charge in [0.05, 0.1) is 4.90 Å². The fraction of sp³-hybridized carbons (Fsp3) is 0.538. The van der Waals surface area contributed by atoms with E-state index in [9.17, 15) is 8.42 Å². The molecular weight excluding hydrogens is 248 g/mol. The topological polar surface area (TPSA) is 72.2 Å². The summed E-state index contributed by atoms with van der Waals surface area (Å²) in [6.45, 7) is 3.69. The molecule has 1 saturated carbocycles. The smallest absolute Gasteiger partial charge is 0.241 e. The number of benzene rings is 1. The lowest BCUT2D eigenvalue weighted by Crippen LogP contribution is -2.33. The average Bonchev–Trinajstić information content (AvgIpc) is 3.04. The molecule has 5 heteroatoms. The minimum atomic E-state index is -3.46. The van der Waals surface area contributed by atoms with Crippen molar-refractivity contribution in [3.8, 4) is 0 Å². The number of nitrogens with two attached hydrogens (primary N) is 1. The molecule has 0 bridgehead atoms. The van der Waals surface area contributed by atoms with Crippen LogP contribution in [-0.2, 0) is 10.0 Å². The lowest BCUT2D eigenvalue weighted by Gasteiger charge is -2.15. The molecule has 3 N–H and O–H groups in total. The number of nitrogens with one attached hydrogen (secondary N) is 1. The number of hydrogen-bond donors (Lipinski definition) is 2. The molecule has 1 unspecified atom stereocenters. The third kappa shape index (κ3) is 3.23. The van der Waals surface area contributed by atoms with Gasteiger partial charge in [-0.2, -0.15) is 0 Å². The SMILES string of the molecule is Cc1ccc(N)cc1S(=O)(=O)NC(C)CC1CC1. The van der Waals surface area contributed by atoms with Gasteiger partial charge >= 0.3 is 0 Å².